The molecule has 124 valence electrons. The maximum Gasteiger partial charge on any atom is 0.315 e. The Bertz CT molecular complexity index is 651. The van der Waals surface area contributed by atoms with Crippen LogP contribution in [0.3, 0.4) is 0 Å². The minimum atomic E-state index is -1.26. The summed E-state index contributed by atoms with van der Waals surface area (Å²) in [6, 6.07) is 8.76. The van der Waals surface area contributed by atoms with E-state index in [4.69, 9.17) is 9.15 Å². The highest BCUT2D eigenvalue weighted by molar-refractivity contribution is 5.74. The molecule has 0 spiro atoms. The standard InChI is InChI=1S/C17H22N2O4/c1-12-6-7-13(14(9-12)22-3)10-18-16(20)19-11-17(2,21)15-5-4-8-23-15/h4-9,21H,10-11H2,1-3H3,(H2,18,19,20). The zero-order valence-electron chi connectivity index (χ0n) is 13.6. The number of carbonyl (C=O) groups is 1. The van der Waals surface area contributed by atoms with Crippen LogP contribution in [0.4, 0.5) is 4.79 Å². The van der Waals surface area contributed by atoms with Crippen molar-refractivity contribution in [1.29, 1.82) is 0 Å². The van der Waals surface area contributed by atoms with Crippen molar-refractivity contribution < 1.29 is 19.1 Å². The number of urea groups is 1. The minimum absolute atomic E-state index is 0.0391. The Morgan fingerprint density at radius 2 is 2.13 bits per heavy atom. The van der Waals surface area contributed by atoms with Crippen molar-refractivity contribution in [1.82, 2.24) is 10.6 Å². The largest absolute Gasteiger partial charge is 0.496 e. The minimum Gasteiger partial charge on any atom is -0.496 e. The van der Waals surface area contributed by atoms with E-state index < -0.39 is 5.60 Å². The number of methoxy groups -OCH3 is 1. The van der Waals surface area contributed by atoms with Crippen molar-refractivity contribution in [3.8, 4) is 5.75 Å². The molecule has 2 amide bonds. The Morgan fingerprint density at radius 1 is 1.35 bits per heavy atom. The van der Waals surface area contributed by atoms with Gasteiger partial charge in [-0.1, -0.05) is 12.1 Å². The van der Waals surface area contributed by atoms with Crippen LogP contribution < -0.4 is 15.4 Å². The molecule has 0 aliphatic carbocycles. The summed E-state index contributed by atoms with van der Waals surface area (Å²) in [5.41, 5.74) is 0.707. The van der Waals surface area contributed by atoms with Gasteiger partial charge in [-0.05, 0) is 37.6 Å². The molecular formula is C17H22N2O4. The molecule has 2 rings (SSSR count). The highest BCUT2D eigenvalue weighted by atomic mass is 16.5. The van der Waals surface area contributed by atoms with E-state index in [1.54, 1.807) is 26.2 Å². The van der Waals surface area contributed by atoms with Gasteiger partial charge in [-0.25, -0.2) is 4.79 Å². The van der Waals surface area contributed by atoms with Crippen molar-refractivity contribution in [2.24, 2.45) is 0 Å². The Morgan fingerprint density at radius 3 is 2.78 bits per heavy atom. The maximum absolute atomic E-state index is 11.9. The van der Waals surface area contributed by atoms with Crippen molar-refractivity contribution in [3.63, 3.8) is 0 Å². The van der Waals surface area contributed by atoms with Crippen molar-refractivity contribution in [2.75, 3.05) is 13.7 Å². The van der Waals surface area contributed by atoms with Gasteiger partial charge in [0.05, 0.1) is 19.9 Å². The highest BCUT2D eigenvalue weighted by Gasteiger charge is 2.26. The molecule has 1 aromatic heterocycles. The van der Waals surface area contributed by atoms with Crippen LogP contribution in [-0.2, 0) is 12.1 Å². The van der Waals surface area contributed by atoms with Gasteiger partial charge < -0.3 is 24.9 Å². The third-order valence-corrected chi connectivity index (χ3v) is 3.53. The molecule has 23 heavy (non-hydrogen) atoms. The fraction of sp³-hybridized carbons (Fsp3) is 0.353. The lowest BCUT2D eigenvalue weighted by molar-refractivity contribution is 0.0367. The molecule has 2 aromatic rings. The average molecular weight is 318 g/mol. The zero-order chi connectivity index (χ0) is 16.9. The number of benzene rings is 1. The zero-order valence-corrected chi connectivity index (χ0v) is 13.6. The Kier molecular flexibility index (Phi) is 5.28. The first kappa shape index (κ1) is 16.9. The predicted octanol–water partition coefficient (Wildman–Crippen LogP) is 2.30. The quantitative estimate of drug-likeness (QED) is 0.763. The summed E-state index contributed by atoms with van der Waals surface area (Å²) in [4.78, 5) is 11.9. The van der Waals surface area contributed by atoms with Crippen LogP contribution in [0.2, 0.25) is 0 Å². The van der Waals surface area contributed by atoms with Gasteiger partial charge >= 0.3 is 6.03 Å². The molecule has 1 aromatic carbocycles. The molecule has 1 atom stereocenters. The summed E-state index contributed by atoms with van der Waals surface area (Å²) in [5, 5.41) is 15.6. The SMILES string of the molecule is COc1cc(C)ccc1CNC(=O)NCC(C)(O)c1ccco1. The number of ether oxygens (including phenoxy) is 1. The monoisotopic (exact) mass is 318 g/mol. The van der Waals surface area contributed by atoms with Crippen LogP contribution in [-0.4, -0.2) is 24.8 Å². The van der Waals surface area contributed by atoms with Crippen LogP contribution >= 0.6 is 0 Å². The van der Waals surface area contributed by atoms with Crippen molar-refractivity contribution >= 4 is 6.03 Å². The van der Waals surface area contributed by atoms with E-state index in [0.29, 0.717) is 12.3 Å². The third-order valence-electron chi connectivity index (χ3n) is 3.53. The van der Waals surface area contributed by atoms with E-state index in [1.807, 2.05) is 25.1 Å². The number of hydrogen-bond donors (Lipinski definition) is 3. The topological polar surface area (TPSA) is 83.7 Å². The van der Waals surface area contributed by atoms with Gasteiger partial charge in [0.2, 0.25) is 0 Å². The van der Waals surface area contributed by atoms with Gasteiger partial charge in [0, 0.05) is 12.1 Å². The van der Waals surface area contributed by atoms with Crippen LogP contribution in [0.15, 0.2) is 41.0 Å². The first-order chi connectivity index (χ1) is 10.9. The molecule has 6 heteroatoms. The van der Waals surface area contributed by atoms with Crippen molar-refractivity contribution in [3.05, 3.63) is 53.5 Å². The molecule has 0 fully saturated rings. The van der Waals surface area contributed by atoms with E-state index in [9.17, 15) is 9.90 Å². The number of rotatable bonds is 6. The molecule has 0 aliphatic rings. The molecule has 1 unspecified atom stereocenters. The second kappa shape index (κ2) is 7.19. The lowest BCUT2D eigenvalue weighted by atomic mass is 10.0. The normalized spacial score (nSPS) is 13.2. The lowest BCUT2D eigenvalue weighted by Gasteiger charge is -2.21. The fourth-order valence-electron chi connectivity index (χ4n) is 2.16. The highest BCUT2D eigenvalue weighted by Crippen LogP contribution is 2.20. The molecule has 0 aliphatic heterocycles. The number of aryl methyl sites for hydroxylation is 1. The Balaban J connectivity index is 1.86. The third kappa shape index (κ3) is 4.50. The Labute approximate surface area is 135 Å². The van der Waals surface area contributed by atoms with Gasteiger partial charge in [0.1, 0.15) is 17.1 Å². The maximum atomic E-state index is 11.9. The van der Waals surface area contributed by atoms with E-state index in [1.165, 1.54) is 6.26 Å². The first-order valence-electron chi connectivity index (χ1n) is 7.34. The second-order valence-electron chi connectivity index (χ2n) is 5.60. The number of furan rings is 1. The smallest absolute Gasteiger partial charge is 0.315 e. The van der Waals surface area contributed by atoms with Gasteiger partial charge in [-0.3, -0.25) is 0 Å². The summed E-state index contributed by atoms with van der Waals surface area (Å²) in [6.45, 7) is 3.92. The van der Waals surface area contributed by atoms with E-state index in [2.05, 4.69) is 10.6 Å². The molecule has 0 saturated carbocycles. The summed E-state index contributed by atoms with van der Waals surface area (Å²) in [5.74, 6) is 1.13. The molecular weight excluding hydrogens is 296 g/mol. The molecule has 0 bridgehead atoms. The predicted molar refractivity (Wildman–Crippen MR) is 86.2 cm³/mol. The van der Waals surface area contributed by atoms with Crippen LogP contribution in [0.5, 0.6) is 5.75 Å². The van der Waals surface area contributed by atoms with Crippen molar-refractivity contribution in [2.45, 2.75) is 26.0 Å². The molecule has 0 saturated heterocycles. The molecule has 0 radical (unpaired) electrons. The molecule has 3 N–H and O–H groups in total. The lowest BCUT2D eigenvalue weighted by Crippen LogP contribution is -2.43. The van der Waals surface area contributed by atoms with Gasteiger partial charge in [0.25, 0.3) is 0 Å². The number of amides is 2. The summed E-state index contributed by atoms with van der Waals surface area (Å²) < 4.78 is 10.5. The van der Waals surface area contributed by atoms with Gasteiger partial charge in [0.15, 0.2) is 0 Å². The van der Waals surface area contributed by atoms with E-state index in [0.717, 1.165) is 16.9 Å². The number of aliphatic hydroxyl groups is 1. The van der Waals surface area contributed by atoms with Crippen LogP contribution in [0.25, 0.3) is 0 Å². The molecule has 1 heterocycles. The number of carbonyl (C=O) groups excluding carboxylic acids is 1. The van der Waals surface area contributed by atoms with E-state index >= 15 is 0 Å². The van der Waals surface area contributed by atoms with E-state index in [-0.39, 0.29) is 12.6 Å². The summed E-state index contributed by atoms with van der Waals surface area (Å²) in [7, 11) is 1.60. The van der Waals surface area contributed by atoms with Crippen LogP contribution in [0.1, 0.15) is 23.8 Å². The van der Waals surface area contributed by atoms with Gasteiger partial charge in [-0.2, -0.15) is 0 Å². The number of hydrogen-bond acceptors (Lipinski definition) is 4. The van der Waals surface area contributed by atoms with Crippen LogP contribution in [0, 0.1) is 6.92 Å². The first-order valence-corrected chi connectivity index (χ1v) is 7.34. The Hall–Kier alpha value is -2.47. The average Bonchev–Trinajstić information content (AvgIpc) is 3.07. The fourth-order valence-corrected chi connectivity index (χ4v) is 2.16. The van der Waals surface area contributed by atoms with Gasteiger partial charge in [-0.15, -0.1) is 0 Å². The number of nitrogens with one attached hydrogen (secondary N) is 2. The summed E-state index contributed by atoms with van der Waals surface area (Å²) >= 11 is 0. The summed E-state index contributed by atoms with van der Waals surface area (Å²) in [6.07, 6.45) is 1.48. The second-order valence-corrected chi connectivity index (χ2v) is 5.60. The molecule has 6 nitrogen and oxygen atoms in total.